The predicted octanol–water partition coefficient (Wildman–Crippen LogP) is 2.93. The van der Waals surface area contributed by atoms with Gasteiger partial charge in [0.1, 0.15) is 0 Å². The first-order chi connectivity index (χ1) is 9.04. The van der Waals surface area contributed by atoms with Gasteiger partial charge in [-0.05, 0) is 43.4 Å². The third kappa shape index (κ3) is 3.71. The fourth-order valence-electron chi connectivity index (χ4n) is 4.01. The molecular formula is C16H30N2O. The zero-order valence-corrected chi connectivity index (χ0v) is 12.7. The van der Waals surface area contributed by atoms with Crippen molar-refractivity contribution in [2.75, 3.05) is 13.1 Å². The minimum absolute atomic E-state index is 0.260. The molecule has 0 aromatic carbocycles. The van der Waals surface area contributed by atoms with E-state index in [-0.39, 0.29) is 6.04 Å². The van der Waals surface area contributed by atoms with Crippen LogP contribution in [-0.2, 0) is 4.79 Å². The molecule has 0 bridgehead atoms. The quantitative estimate of drug-likeness (QED) is 0.850. The second-order valence-corrected chi connectivity index (χ2v) is 7.04. The molecule has 0 spiro atoms. The first-order valence-electron chi connectivity index (χ1n) is 8.07. The number of amides is 1. The molecule has 1 aliphatic carbocycles. The Kier molecular flexibility index (Phi) is 4.88. The van der Waals surface area contributed by atoms with E-state index in [1.54, 1.807) is 0 Å². The minimum Gasteiger partial charge on any atom is -0.342 e. The summed E-state index contributed by atoms with van der Waals surface area (Å²) < 4.78 is 0. The molecule has 0 aromatic rings. The van der Waals surface area contributed by atoms with Gasteiger partial charge in [0.15, 0.2) is 0 Å². The van der Waals surface area contributed by atoms with E-state index in [2.05, 4.69) is 18.7 Å². The Balaban J connectivity index is 1.88. The highest BCUT2D eigenvalue weighted by molar-refractivity contribution is 5.76. The van der Waals surface area contributed by atoms with Crippen LogP contribution in [0.4, 0.5) is 0 Å². The molecule has 1 saturated heterocycles. The van der Waals surface area contributed by atoms with Crippen LogP contribution in [-0.4, -0.2) is 29.9 Å². The topological polar surface area (TPSA) is 46.3 Å². The number of hydrogen-bond acceptors (Lipinski definition) is 2. The zero-order chi connectivity index (χ0) is 13.9. The summed E-state index contributed by atoms with van der Waals surface area (Å²) in [6, 6.07) is 0.260. The monoisotopic (exact) mass is 266 g/mol. The Morgan fingerprint density at radius 1 is 1.37 bits per heavy atom. The average molecular weight is 266 g/mol. The first-order valence-corrected chi connectivity index (χ1v) is 8.07. The van der Waals surface area contributed by atoms with Gasteiger partial charge in [-0.2, -0.15) is 0 Å². The van der Waals surface area contributed by atoms with Crippen LogP contribution in [0, 0.1) is 11.3 Å². The molecular weight excluding hydrogens is 236 g/mol. The maximum Gasteiger partial charge on any atom is 0.222 e. The number of carbonyl (C=O) groups is 1. The molecule has 2 aliphatic rings. The lowest BCUT2D eigenvalue weighted by molar-refractivity contribution is -0.135. The van der Waals surface area contributed by atoms with Crippen LogP contribution in [0.15, 0.2) is 0 Å². The molecule has 110 valence electrons. The summed E-state index contributed by atoms with van der Waals surface area (Å²) in [7, 11) is 0. The zero-order valence-electron chi connectivity index (χ0n) is 12.7. The molecule has 2 N–H and O–H groups in total. The minimum atomic E-state index is 0.260. The van der Waals surface area contributed by atoms with Crippen molar-refractivity contribution in [1.29, 1.82) is 0 Å². The maximum absolute atomic E-state index is 12.5. The predicted molar refractivity (Wildman–Crippen MR) is 78.8 cm³/mol. The van der Waals surface area contributed by atoms with E-state index in [1.807, 2.05) is 0 Å². The van der Waals surface area contributed by atoms with Crippen LogP contribution in [0.3, 0.4) is 0 Å². The molecule has 19 heavy (non-hydrogen) atoms. The van der Waals surface area contributed by atoms with Gasteiger partial charge in [-0.3, -0.25) is 4.79 Å². The maximum atomic E-state index is 12.5. The van der Waals surface area contributed by atoms with Crippen molar-refractivity contribution in [2.24, 2.45) is 17.1 Å². The van der Waals surface area contributed by atoms with Gasteiger partial charge in [0, 0.05) is 25.6 Å². The number of rotatable bonds is 4. The molecule has 1 heterocycles. The average Bonchev–Trinajstić information content (AvgIpc) is 2.75. The largest absolute Gasteiger partial charge is 0.342 e. The number of nitrogens with zero attached hydrogens (tertiary/aromatic N) is 1. The molecule has 1 saturated carbocycles. The molecule has 0 radical (unpaired) electrons. The van der Waals surface area contributed by atoms with Crippen LogP contribution in [0.5, 0.6) is 0 Å². The van der Waals surface area contributed by atoms with Crippen LogP contribution in [0.25, 0.3) is 0 Å². The van der Waals surface area contributed by atoms with Gasteiger partial charge in [-0.1, -0.05) is 26.7 Å². The van der Waals surface area contributed by atoms with Crippen molar-refractivity contribution in [3.63, 3.8) is 0 Å². The van der Waals surface area contributed by atoms with E-state index < -0.39 is 0 Å². The Morgan fingerprint density at radius 2 is 2.16 bits per heavy atom. The van der Waals surface area contributed by atoms with Crippen LogP contribution in [0.1, 0.15) is 65.2 Å². The number of piperidine rings is 1. The molecule has 2 rings (SSSR count). The Morgan fingerprint density at radius 3 is 2.79 bits per heavy atom. The van der Waals surface area contributed by atoms with Crippen molar-refractivity contribution in [3.8, 4) is 0 Å². The second kappa shape index (κ2) is 6.25. The van der Waals surface area contributed by atoms with Crippen molar-refractivity contribution in [3.05, 3.63) is 0 Å². The Bertz CT molecular complexity index is 314. The molecule has 2 fully saturated rings. The van der Waals surface area contributed by atoms with Crippen LogP contribution in [0.2, 0.25) is 0 Å². The number of likely N-dealkylation sites (tertiary alicyclic amines) is 1. The van der Waals surface area contributed by atoms with E-state index in [1.165, 1.54) is 32.1 Å². The van der Waals surface area contributed by atoms with Crippen molar-refractivity contribution < 1.29 is 4.79 Å². The van der Waals surface area contributed by atoms with Crippen LogP contribution >= 0.6 is 0 Å². The number of hydrogen-bond donors (Lipinski definition) is 1. The highest BCUT2D eigenvalue weighted by Gasteiger charge is 2.34. The van der Waals surface area contributed by atoms with E-state index in [4.69, 9.17) is 5.73 Å². The SMILES string of the molecule is CCCC1(C)CCCN(C(=O)C[C@@H]2CCC[C@H]2N)C1. The normalized spacial score (nSPS) is 35.6. The van der Waals surface area contributed by atoms with E-state index in [0.29, 0.717) is 23.7 Å². The van der Waals surface area contributed by atoms with Gasteiger partial charge in [0.25, 0.3) is 0 Å². The molecule has 0 aromatic heterocycles. The third-order valence-corrected chi connectivity index (χ3v) is 5.14. The number of nitrogens with two attached hydrogens (primary N) is 1. The Hall–Kier alpha value is -0.570. The van der Waals surface area contributed by atoms with Crippen molar-refractivity contribution in [1.82, 2.24) is 4.90 Å². The summed E-state index contributed by atoms with van der Waals surface area (Å²) in [6.45, 7) is 6.50. The molecule has 1 unspecified atom stereocenters. The third-order valence-electron chi connectivity index (χ3n) is 5.14. The lowest BCUT2D eigenvalue weighted by atomic mass is 9.78. The fourth-order valence-corrected chi connectivity index (χ4v) is 4.01. The van der Waals surface area contributed by atoms with Gasteiger partial charge in [-0.15, -0.1) is 0 Å². The van der Waals surface area contributed by atoms with Gasteiger partial charge >= 0.3 is 0 Å². The number of carbonyl (C=O) groups excluding carboxylic acids is 1. The van der Waals surface area contributed by atoms with Gasteiger partial charge in [-0.25, -0.2) is 0 Å². The molecule has 1 aliphatic heterocycles. The first kappa shape index (κ1) is 14.8. The second-order valence-electron chi connectivity index (χ2n) is 7.04. The molecule has 3 nitrogen and oxygen atoms in total. The Labute approximate surface area is 117 Å². The highest BCUT2D eigenvalue weighted by atomic mass is 16.2. The summed E-state index contributed by atoms with van der Waals surface area (Å²) in [4.78, 5) is 14.6. The molecule has 3 atom stereocenters. The lowest BCUT2D eigenvalue weighted by Gasteiger charge is -2.41. The molecule has 1 amide bonds. The van der Waals surface area contributed by atoms with Crippen molar-refractivity contribution >= 4 is 5.91 Å². The van der Waals surface area contributed by atoms with Gasteiger partial charge < -0.3 is 10.6 Å². The van der Waals surface area contributed by atoms with Crippen LogP contribution < -0.4 is 5.73 Å². The van der Waals surface area contributed by atoms with Crippen molar-refractivity contribution in [2.45, 2.75) is 71.3 Å². The summed E-state index contributed by atoms with van der Waals surface area (Å²) >= 11 is 0. The summed E-state index contributed by atoms with van der Waals surface area (Å²) in [6.07, 6.45) is 9.02. The summed E-state index contributed by atoms with van der Waals surface area (Å²) in [5, 5.41) is 0. The lowest BCUT2D eigenvalue weighted by Crippen LogP contribution is -2.45. The smallest absolute Gasteiger partial charge is 0.222 e. The summed E-state index contributed by atoms with van der Waals surface area (Å²) in [5.74, 6) is 0.788. The van der Waals surface area contributed by atoms with E-state index >= 15 is 0 Å². The standard InChI is InChI=1S/C16H30N2O/c1-3-8-16(2)9-5-10-18(12-16)15(19)11-13-6-4-7-14(13)17/h13-14H,3-12,17H2,1-2H3/t13-,14+,16?/m0/s1. The highest BCUT2D eigenvalue weighted by Crippen LogP contribution is 2.35. The summed E-state index contributed by atoms with van der Waals surface area (Å²) in [5.41, 5.74) is 6.43. The van der Waals surface area contributed by atoms with Gasteiger partial charge in [0.05, 0.1) is 0 Å². The van der Waals surface area contributed by atoms with Gasteiger partial charge in [0.2, 0.25) is 5.91 Å². The molecule has 3 heteroatoms. The van der Waals surface area contributed by atoms with E-state index in [0.717, 1.165) is 25.9 Å². The van der Waals surface area contributed by atoms with E-state index in [9.17, 15) is 4.79 Å². The fraction of sp³-hybridized carbons (Fsp3) is 0.938.